The van der Waals surface area contributed by atoms with Crippen LogP contribution in [0.3, 0.4) is 0 Å². The molecule has 5 heteroatoms. The fourth-order valence-corrected chi connectivity index (χ4v) is 3.67. The Morgan fingerprint density at radius 3 is 2.76 bits per heavy atom. The van der Waals surface area contributed by atoms with Gasteiger partial charge in [-0.1, -0.05) is 35.9 Å². The number of halogens is 1. The van der Waals surface area contributed by atoms with E-state index in [0.29, 0.717) is 23.7 Å². The molecular formula is C20H19ClN2O2. The van der Waals surface area contributed by atoms with Crippen LogP contribution >= 0.6 is 11.6 Å². The first kappa shape index (κ1) is 16.2. The Kier molecular flexibility index (Phi) is 4.00. The normalized spacial score (nSPS) is 21.0. The van der Waals surface area contributed by atoms with Crippen LogP contribution in [-0.2, 0) is 16.0 Å². The molecule has 1 aliphatic carbocycles. The summed E-state index contributed by atoms with van der Waals surface area (Å²) in [7, 11) is 0. The lowest BCUT2D eigenvalue weighted by molar-refractivity contribution is -0.123. The quantitative estimate of drug-likeness (QED) is 0.911. The van der Waals surface area contributed by atoms with Gasteiger partial charge in [0, 0.05) is 22.9 Å². The van der Waals surface area contributed by atoms with Crippen LogP contribution in [0.5, 0.6) is 0 Å². The van der Waals surface area contributed by atoms with Crippen molar-refractivity contribution in [3.63, 3.8) is 0 Å². The zero-order valence-electron chi connectivity index (χ0n) is 14.0. The summed E-state index contributed by atoms with van der Waals surface area (Å²) in [6, 6.07) is 13.4. The van der Waals surface area contributed by atoms with Gasteiger partial charge in [-0.25, -0.2) is 0 Å². The van der Waals surface area contributed by atoms with E-state index in [1.807, 2.05) is 42.2 Å². The Bertz CT molecular complexity index is 865. The van der Waals surface area contributed by atoms with Crippen molar-refractivity contribution in [2.24, 2.45) is 11.8 Å². The van der Waals surface area contributed by atoms with E-state index < -0.39 is 0 Å². The largest absolute Gasteiger partial charge is 0.326 e. The van der Waals surface area contributed by atoms with E-state index in [-0.39, 0.29) is 23.7 Å². The maximum Gasteiger partial charge on any atom is 0.230 e. The Labute approximate surface area is 151 Å². The minimum absolute atomic E-state index is 0.0629. The first-order valence-corrected chi connectivity index (χ1v) is 8.89. The van der Waals surface area contributed by atoms with Crippen LogP contribution in [0.2, 0.25) is 5.02 Å². The number of carbonyl (C=O) groups is 2. The molecule has 0 bridgehead atoms. The number of anilines is 2. The third-order valence-corrected chi connectivity index (χ3v) is 5.53. The lowest BCUT2D eigenvalue weighted by Crippen LogP contribution is -2.32. The van der Waals surface area contributed by atoms with Gasteiger partial charge in [-0.3, -0.25) is 9.59 Å². The molecule has 2 aromatic carbocycles. The first-order chi connectivity index (χ1) is 12.1. The van der Waals surface area contributed by atoms with Crippen molar-refractivity contribution < 1.29 is 9.59 Å². The summed E-state index contributed by atoms with van der Waals surface area (Å²) in [6.45, 7) is 2.57. The van der Waals surface area contributed by atoms with Crippen molar-refractivity contribution in [1.82, 2.24) is 0 Å². The number of fused-ring (bicyclic) bond motifs is 1. The van der Waals surface area contributed by atoms with Gasteiger partial charge in [-0.05, 0) is 49.1 Å². The molecule has 1 fully saturated rings. The molecule has 0 spiro atoms. The number of benzene rings is 2. The van der Waals surface area contributed by atoms with Gasteiger partial charge < -0.3 is 10.2 Å². The summed E-state index contributed by atoms with van der Waals surface area (Å²) in [6.07, 6.45) is 1.50. The molecule has 2 aliphatic rings. The number of carbonyl (C=O) groups excluding carboxylic acids is 2. The fourth-order valence-electron chi connectivity index (χ4n) is 3.49. The average molecular weight is 355 g/mol. The van der Waals surface area contributed by atoms with E-state index in [4.69, 9.17) is 11.6 Å². The van der Waals surface area contributed by atoms with E-state index in [2.05, 4.69) is 11.4 Å². The second-order valence-corrected chi connectivity index (χ2v) is 7.13. The minimum Gasteiger partial charge on any atom is -0.326 e. The van der Waals surface area contributed by atoms with Gasteiger partial charge in [0.2, 0.25) is 11.8 Å². The zero-order chi connectivity index (χ0) is 17.6. The summed E-state index contributed by atoms with van der Waals surface area (Å²) in [4.78, 5) is 27.1. The van der Waals surface area contributed by atoms with Gasteiger partial charge in [0.15, 0.2) is 0 Å². The number of nitrogens with one attached hydrogen (secondary N) is 1. The van der Waals surface area contributed by atoms with Gasteiger partial charge in [0.05, 0.1) is 11.8 Å². The van der Waals surface area contributed by atoms with E-state index in [0.717, 1.165) is 17.7 Å². The van der Waals surface area contributed by atoms with Crippen molar-refractivity contribution in [2.75, 3.05) is 16.8 Å². The molecule has 0 saturated heterocycles. The molecular weight excluding hydrogens is 336 g/mol. The Hall–Kier alpha value is -2.33. The third-order valence-electron chi connectivity index (χ3n) is 5.12. The summed E-state index contributed by atoms with van der Waals surface area (Å²) in [5.74, 6) is -0.506. The summed E-state index contributed by atoms with van der Waals surface area (Å²) >= 11 is 6.09. The van der Waals surface area contributed by atoms with Crippen LogP contribution in [0.4, 0.5) is 11.4 Å². The molecule has 2 unspecified atom stereocenters. The van der Waals surface area contributed by atoms with Crippen LogP contribution < -0.4 is 10.2 Å². The Balaban J connectivity index is 1.43. The average Bonchev–Trinajstić information content (AvgIpc) is 3.30. The van der Waals surface area contributed by atoms with Gasteiger partial charge >= 0.3 is 0 Å². The highest BCUT2D eigenvalue weighted by Gasteiger charge is 2.50. The second-order valence-electron chi connectivity index (χ2n) is 6.72. The molecule has 1 N–H and O–H groups in total. The smallest absolute Gasteiger partial charge is 0.230 e. The standard InChI is InChI=1S/C20H19ClN2O2/c1-12-16(21)6-4-7-17(12)22-19(24)14-11-15(14)20(25)23-10-9-13-5-2-3-8-18(13)23/h2-8,14-15H,9-11H2,1H3,(H,22,24). The van der Waals surface area contributed by atoms with E-state index in [1.165, 1.54) is 5.56 Å². The molecule has 2 amide bonds. The summed E-state index contributed by atoms with van der Waals surface area (Å²) < 4.78 is 0. The van der Waals surface area contributed by atoms with Gasteiger partial charge in [-0.15, -0.1) is 0 Å². The summed E-state index contributed by atoms with van der Waals surface area (Å²) in [5, 5.41) is 3.53. The monoisotopic (exact) mass is 354 g/mol. The van der Waals surface area contributed by atoms with E-state index >= 15 is 0 Å². The predicted octanol–water partition coefficient (Wildman–Crippen LogP) is 3.81. The third kappa shape index (κ3) is 2.91. The van der Waals surface area contributed by atoms with Crippen molar-refractivity contribution in [2.45, 2.75) is 19.8 Å². The SMILES string of the molecule is Cc1c(Cl)cccc1NC(=O)C1CC1C(=O)N1CCc2ccccc21. The first-order valence-electron chi connectivity index (χ1n) is 8.51. The molecule has 1 saturated carbocycles. The highest BCUT2D eigenvalue weighted by Crippen LogP contribution is 2.43. The van der Waals surface area contributed by atoms with Crippen molar-refractivity contribution in [3.8, 4) is 0 Å². The minimum atomic E-state index is -0.251. The molecule has 0 radical (unpaired) electrons. The predicted molar refractivity (Wildman–Crippen MR) is 98.9 cm³/mol. The van der Waals surface area contributed by atoms with Crippen LogP contribution in [0.1, 0.15) is 17.5 Å². The van der Waals surface area contributed by atoms with Crippen LogP contribution in [0.15, 0.2) is 42.5 Å². The van der Waals surface area contributed by atoms with E-state index in [9.17, 15) is 9.59 Å². The topological polar surface area (TPSA) is 49.4 Å². The van der Waals surface area contributed by atoms with Crippen molar-refractivity contribution >= 4 is 34.8 Å². The fraction of sp³-hybridized carbons (Fsp3) is 0.300. The molecule has 4 rings (SSSR count). The number of amides is 2. The highest BCUT2D eigenvalue weighted by atomic mass is 35.5. The molecule has 128 valence electrons. The number of hydrogen-bond donors (Lipinski definition) is 1. The molecule has 1 aliphatic heterocycles. The molecule has 2 aromatic rings. The second kappa shape index (κ2) is 6.19. The van der Waals surface area contributed by atoms with E-state index in [1.54, 1.807) is 6.07 Å². The lowest BCUT2D eigenvalue weighted by Gasteiger charge is -2.17. The van der Waals surface area contributed by atoms with Gasteiger partial charge in [0.1, 0.15) is 0 Å². The molecule has 25 heavy (non-hydrogen) atoms. The van der Waals surface area contributed by atoms with Gasteiger partial charge in [-0.2, -0.15) is 0 Å². The molecule has 0 aromatic heterocycles. The molecule has 4 nitrogen and oxygen atoms in total. The number of nitrogens with zero attached hydrogens (tertiary/aromatic N) is 1. The van der Waals surface area contributed by atoms with Gasteiger partial charge in [0.25, 0.3) is 0 Å². The van der Waals surface area contributed by atoms with Crippen LogP contribution in [0, 0.1) is 18.8 Å². The maximum atomic E-state index is 12.8. The Morgan fingerprint density at radius 2 is 1.92 bits per heavy atom. The summed E-state index contributed by atoms with van der Waals surface area (Å²) in [5.41, 5.74) is 3.74. The maximum absolute atomic E-state index is 12.8. The zero-order valence-corrected chi connectivity index (χ0v) is 14.7. The molecule has 1 heterocycles. The van der Waals surface area contributed by atoms with Crippen LogP contribution in [0.25, 0.3) is 0 Å². The Morgan fingerprint density at radius 1 is 1.12 bits per heavy atom. The highest BCUT2D eigenvalue weighted by molar-refractivity contribution is 6.31. The number of rotatable bonds is 3. The van der Waals surface area contributed by atoms with Crippen LogP contribution in [-0.4, -0.2) is 18.4 Å². The van der Waals surface area contributed by atoms with Crippen molar-refractivity contribution in [3.05, 3.63) is 58.6 Å². The lowest BCUT2D eigenvalue weighted by atomic mass is 10.1. The molecule has 2 atom stereocenters. The van der Waals surface area contributed by atoms with Crippen molar-refractivity contribution in [1.29, 1.82) is 0 Å². The number of hydrogen-bond acceptors (Lipinski definition) is 2. The number of para-hydroxylation sites is 1.